The van der Waals surface area contributed by atoms with Crippen LogP contribution in [0.4, 0.5) is 0 Å². The number of imidazole rings is 1. The minimum Gasteiger partial charge on any atom is -0.335 e. The molecule has 31 heavy (non-hydrogen) atoms. The van der Waals surface area contributed by atoms with Gasteiger partial charge in [-0.1, -0.05) is 30.3 Å². The van der Waals surface area contributed by atoms with Gasteiger partial charge in [-0.15, -0.1) is 0 Å². The van der Waals surface area contributed by atoms with Crippen molar-refractivity contribution in [3.05, 3.63) is 65.9 Å². The van der Waals surface area contributed by atoms with Crippen LogP contribution in [0.15, 0.2) is 48.9 Å². The highest BCUT2D eigenvalue weighted by atomic mass is 16.2. The van der Waals surface area contributed by atoms with Gasteiger partial charge in [0.05, 0.1) is 0 Å². The Morgan fingerprint density at radius 2 is 1.71 bits per heavy atom. The molecule has 0 N–H and O–H groups in total. The van der Waals surface area contributed by atoms with E-state index in [2.05, 4.69) is 63.2 Å². The fraction of sp³-hybridized carbons (Fsp3) is 0.458. The number of piperazine rings is 1. The molecule has 0 unspecified atom stereocenters. The van der Waals surface area contributed by atoms with Crippen molar-refractivity contribution in [2.75, 3.05) is 46.3 Å². The van der Waals surface area contributed by atoms with Crippen molar-refractivity contribution in [3.8, 4) is 0 Å². The highest BCUT2D eigenvalue weighted by molar-refractivity contribution is 5.98. The van der Waals surface area contributed by atoms with Crippen molar-refractivity contribution in [1.82, 2.24) is 29.1 Å². The van der Waals surface area contributed by atoms with E-state index in [-0.39, 0.29) is 5.91 Å². The molecule has 2 saturated heterocycles. The Bertz CT molecular complexity index is 1030. The summed E-state index contributed by atoms with van der Waals surface area (Å²) >= 11 is 0. The number of fused-ring (bicyclic) bond motifs is 1. The number of aromatic nitrogens is 3. The van der Waals surface area contributed by atoms with E-state index in [1.807, 2.05) is 15.5 Å². The maximum absolute atomic E-state index is 13.1. The van der Waals surface area contributed by atoms with Crippen LogP contribution in [0.2, 0.25) is 0 Å². The highest BCUT2D eigenvalue weighted by Crippen LogP contribution is 2.29. The fourth-order valence-corrected chi connectivity index (χ4v) is 4.79. The first-order valence-corrected chi connectivity index (χ1v) is 11.2. The summed E-state index contributed by atoms with van der Waals surface area (Å²) in [7, 11) is 2.09. The van der Waals surface area contributed by atoms with Crippen LogP contribution < -0.4 is 0 Å². The summed E-state index contributed by atoms with van der Waals surface area (Å²) in [5.41, 5.74) is 3.75. The van der Waals surface area contributed by atoms with Crippen molar-refractivity contribution in [1.29, 1.82) is 0 Å². The van der Waals surface area contributed by atoms with E-state index in [1.54, 1.807) is 6.33 Å². The number of hydrogen-bond donors (Lipinski definition) is 0. The van der Waals surface area contributed by atoms with Gasteiger partial charge < -0.3 is 9.80 Å². The van der Waals surface area contributed by atoms with Crippen LogP contribution in [0.3, 0.4) is 0 Å². The van der Waals surface area contributed by atoms with E-state index in [4.69, 9.17) is 0 Å². The highest BCUT2D eigenvalue weighted by Gasteiger charge is 2.27. The largest absolute Gasteiger partial charge is 0.335 e. The summed E-state index contributed by atoms with van der Waals surface area (Å²) in [5, 5.41) is 0. The van der Waals surface area contributed by atoms with E-state index < -0.39 is 0 Å². The van der Waals surface area contributed by atoms with E-state index in [0.29, 0.717) is 17.3 Å². The van der Waals surface area contributed by atoms with Gasteiger partial charge in [0.15, 0.2) is 11.3 Å². The maximum Gasteiger partial charge on any atom is 0.276 e. The molecule has 7 heteroatoms. The first-order chi connectivity index (χ1) is 15.2. The second-order valence-electron chi connectivity index (χ2n) is 8.79. The number of piperidine rings is 1. The van der Waals surface area contributed by atoms with Gasteiger partial charge in [0.1, 0.15) is 6.33 Å². The van der Waals surface area contributed by atoms with Crippen molar-refractivity contribution in [3.63, 3.8) is 0 Å². The summed E-state index contributed by atoms with van der Waals surface area (Å²) in [4.78, 5) is 28.8. The SMILES string of the molecule is CN1CCN(C(=O)c2ncn3c(C4CCN(Cc5ccccc5)CC4)ccnc23)CC1. The van der Waals surface area contributed by atoms with Gasteiger partial charge in [0.25, 0.3) is 5.91 Å². The molecule has 5 rings (SSSR count). The van der Waals surface area contributed by atoms with Crippen molar-refractivity contribution in [2.45, 2.75) is 25.3 Å². The molecular weight excluding hydrogens is 388 g/mol. The Hall–Kier alpha value is -2.77. The van der Waals surface area contributed by atoms with E-state index in [9.17, 15) is 4.79 Å². The van der Waals surface area contributed by atoms with Gasteiger partial charge in [0, 0.05) is 50.5 Å². The van der Waals surface area contributed by atoms with Crippen LogP contribution in [0, 0.1) is 0 Å². The van der Waals surface area contributed by atoms with Crippen molar-refractivity contribution in [2.24, 2.45) is 0 Å². The molecule has 1 amide bonds. The lowest BCUT2D eigenvalue weighted by atomic mass is 9.93. The zero-order valence-corrected chi connectivity index (χ0v) is 18.2. The molecule has 0 bridgehead atoms. The standard InChI is InChI=1S/C24H30N6O/c1-27-13-15-29(16-14-27)24(31)22-23-25-10-7-21(30(23)18-26-22)20-8-11-28(12-9-20)17-19-5-3-2-4-6-19/h2-7,10,18,20H,8-9,11-17H2,1H3. The molecule has 2 aliphatic rings. The lowest BCUT2D eigenvalue weighted by Gasteiger charge is -2.32. The first-order valence-electron chi connectivity index (χ1n) is 11.2. The number of benzene rings is 1. The third kappa shape index (κ3) is 4.20. The number of hydrogen-bond acceptors (Lipinski definition) is 5. The number of rotatable bonds is 4. The van der Waals surface area contributed by atoms with Gasteiger partial charge in [-0.25, -0.2) is 9.97 Å². The number of amides is 1. The zero-order chi connectivity index (χ0) is 21.2. The molecular formula is C24H30N6O. The third-order valence-corrected chi connectivity index (χ3v) is 6.71. The molecule has 2 aromatic heterocycles. The number of carbonyl (C=O) groups is 1. The quantitative estimate of drug-likeness (QED) is 0.652. The van der Waals surface area contributed by atoms with E-state index in [1.165, 1.54) is 11.3 Å². The van der Waals surface area contributed by atoms with Gasteiger partial charge in [-0.2, -0.15) is 0 Å². The summed E-state index contributed by atoms with van der Waals surface area (Å²) in [6.07, 6.45) is 5.83. The van der Waals surface area contributed by atoms with Crippen molar-refractivity contribution < 1.29 is 4.79 Å². The summed E-state index contributed by atoms with van der Waals surface area (Å²) in [6.45, 7) is 6.45. The average molecular weight is 419 g/mol. The van der Waals surface area contributed by atoms with E-state index >= 15 is 0 Å². The molecule has 0 spiro atoms. The Morgan fingerprint density at radius 1 is 0.968 bits per heavy atom. The molecule has 7 nitrogen and oxygen atoms in total. The molecule has 162 valence electrons. The minimum atomic E-state index is -0.00192. The third-order valence-electron chi connectivity index (χ3n) is 6.71. The number of likely N-dealkylation sites (tertiary alicyclic amines) is 1. The Kier molecular flexibility index (Phi) is 5.70. The van der Waals surface area contributed by atoms with Crippen molar-refractivity contribution >= 4 is 11.6 Å². The zero-order valence-electron chi connectivity index (χ0n) is 18.2. The maximum atomic E-state index is 13.1. The summed E-state index contributed by atoms with van der Waals surface area (Å²) < 4.78 is 2.04. The lowest BCUT2D eigenvalue weighted by molar-refractivity contribution is 0.0660. The summed E-state index contributed by atoms with van der Waals surface area (Å²) in [5.74, 6) is 0.455. The monoisotopic (exact) mass is 418 g/mol. The number of likely N-dealkylation sites (N-methyl/N-ethyl adjacent to an activating group) is 1. The minimum absolute atomic E-state index is 0.00192. The molecule has 4 heterocycles. The van der Waals surface area contributed by atoms with Gasteiger partial charge in [0.2, 0.25) is 0 Å². The average Bonchev–Trinajstić information content (AvgIpc) is 3.25. The molecule has 0 saturated carbocycles. The van der Waals surface area contributed by atoms with Gasteiger partial charge in [-0.05, 0) is 44.6 Å². The van der Waals surface area contributed by atoms with Gasteiger partial charge in [-0.3, -0.25) is 14.1 Å². The second-order valence-corrected chi connectivity index (χ2v) is 8.79. The molecule has 0 aliphatic carbocycles. The lowest BCUT2D eigenvalue weighted by Crippen LogP contribution is -2.47. The molecule has 2 fully saturated rings. The molecule has 3 aromatic rings. The molecule has 2 aliphatic heterocycles. The molecule has 0 radical (unpaired) electrons. The smallest absolute Gasteiger partial charge is 0.276 e. The van der Waals surface area contributed by atoms with E-state index in [0.717, 1.165) is 58.7 Å². The molecule has 0 atom stereocenters. The topological polar surface area (TPSA) is 57.0 Å². The predicted octanol–water partition coefficient (Wildman–Crippen LogP) is 2.50. The first kappa shape index (κ1) is 20.2. The predicted molar refractivity (Wildman–Crippen MR) is 120 cm³/mol. The number of carbonyl (C=O) groups excluding carboxylic acids is 1. The van der Waals surface area contributed by atoms with Gasteiger partial charge >= 0.3 is 0 Å². The fourth-order valence-electron chi connectivity index (χ4n) is 4.79. The second kappa shape index (κ2) is 8.77. The van der Waals surface area contributed by atoms with Crippen LogP contribution >= 0.6 is 0 Å². The van der Waals surface area contributed by atoms with Crippen LogP contribution in [-0.4, -0.2) is 81.3 Å². The van der Waals surface area contributed by atoms with Crippen LogP contribution in [0.1, 0.15) is 40.5 Å². The number of nitrogens with zero attached hydrogens (tertiary/aromatic N) is 6. The Balaban J connectivity index is 1.30. The Morgan fingerprint density at radius 3 is 2.45 bits per heavy atom. The summed E-state index contributed by atoms with van der Waals surface area (Å²) in [6, 6.07) is 12.8. The normalized spacial score (nSPS) is 19.2. The van der Waals surface area contributed by atoms with Crippen LogP contribution in [-0.2, 0) is 6.54 Å². The van der Waals surface area contributed by atoms with Crippen LogP contribution in [0.25, 0.3) is 5.65 Å². The Labute approximate surface area is 183 Å². The molecule has 1 aromatic carbocycles. The van der Waals surface area contributed by atoms with Crippen LogP contribution in [0.5, 0.6) is 0 Å².